The Hall–Kier alpha value is -1.44. The summed E-state index contributed by atoms with van der Waals surface area (Å²) < 4.78 is 33.8. The zero-order chi connectivity index (χ0) is 19.1. The quantitative estimate of drug-likeness (QED) is 0.804. The van der Waals surface area contributed by atoms with E-state index in [9.17, 15) is 13.2 Å². The molecule has 6 nitrogen and oxygen atoms in total. The molecule has 1 amide bonds. The Labute approximate surface area is 156 Å². The van der Waals surface area contributed by atoms with Gasteiger partial charge in [-0.3, -0.25) is 4.79 Å². The lowest BCUT2D eigenvalue weighted by Crippen LogP contribution is -2.51. The third-order valence-corrected chi connectivity index (χ3v) is 7.86. The Morgan fingerprint density at radius 3 is 2.19 bits per heavy atom. The molecule has 1 aromatic carbocycles. The minimum Gasteiger partial charge on any atom is -0.378 e. The van der Waals surface area contributed by atoms with Crippen LogP contribution in [-0.2, 0) is 19.6 Å². The van der Waals surface area contributed by atoms with E-state index in [2.05, 4.69) is 0 Å². The lowest BCUT2D eigenvalue weighted by atomic mass is 10.0. The molecular weight excluding hydrogens is 352 g/mol. The van der Waals surface area contributed by atoms with Gasteiger partial charge in [0.1, 0.15) is 6.04 Å². The Morgan fingerprint density at radius 1 is 1.04 bits per heavy atom. The number of carbonyl (C=O) groups is 1. The van der Waals surface area contributed by atoms with E-state index in [0.717, 1.165) is 22.3 Å². The van der Waals surface area contributed by atoms with E-state index in [1.807, 2.05) is 33.8 Å². The normalized spacial score (nSPS) is 22.0. The van der Waals surface area contributed by atoms with Crippen LogP contribution in [0.15, 0.2) is 11.0 Å². The molecule has 1 aromatic rings. The van der Waals surface area contributed by atoms with Gasteiger partial charge in [0.25, 0.3) is 0 Å². The van der Waals surface area contributed by atoms with Crippen LogP contribution in [0.2, 0.25) is 0 Å². The number of benzene rings is 1. The van der Waals surface area contributed by atoms with Gasteiger partial charge in [-0.2, -0.15) is 4.31 Å². The van der Waals surface area contributed by atoms with Gasteiger partial charge < -0.3 is 9.64 Å². The van der Waals surface area contributed by atoms with Crippen LogP contribution in [-0.4, -0.2) is 62.4 Å². The zero-order valence-corrected chi connectivity index (χ0v) is 16.9. The highest BCUT2D eigenvalue weighted by Crippen LogP contribution is 2.33. The first-order valence-corrected chi connectivity index (χ1v) is 10.6. The van der Waals surface area contributed by atoms with Gasteiger partial charge in [0.15, 0.2) is 0 Å². The minimum absolute atomic E-state index is 0.0888. The highest BCUT2D eigenvalue weighted by molar-refractivity contribution is 7.89. The number of ether oxygens (including phenoxy) is 1. The molecule has 2 aliphatic rings. The monoisotopic (exact) mass is 380 g/mol. The van der Waals surface area contributed by atoms with Crippen LogP contribution in [0.1, 0.15) is 35.1 Å². The molecule has 2 aliphatic heterocycles. The molecule has 0 saturated carbocycles. The largest absolute Gasteiger partial charge is 0.378 e. The molecule has 26 heavy (non-hydrogen) atoms. The summed E-state index contributed by atoms with van der Waals surface area (Å²) in [6, 6.07) is 1.42. The zero-order valence-electron chi connectivity index (χ0n) is 16.0. The van der Waals surface area contributed by atoms with Crippen molar-refractivity contribution in [3.8, 4) is 0 Å². The molecule has 3 rings (SSSR count). The maximum absolute atomic E-state index is 13.5. The first-order valence-electron chi connectivity index (χ1n) is 9.21. The fourth-order valence-corrected chi connectivity index (χ4v) is 6.18. The number of sulfonamides is 1. The third kappa shape index (κ3) is 3.28. The molecule has 0 aromatic heterocycles. The Bertz CT molecular complexity index is 787. The smallest absolute Gasteiger partial charge is 0.244 e. The van der Waals surface area contributed by atoms with E-state index in [-0.39, 0.29) is 5.91 Å². The van der Waals surface area contributed by atoms with Crippen LogP contribution >= 0.6 is 0 Å². The summed E-state index contributed by atoms with van der Waals surface area (Å²) in [7, 11) is -3.72. The lowest BCUT2D eigenvalue weighted by molar-refractivity contribution is -0.138. The van der Waals surface area contributed by atoms with Crippen LogP contribution in [0.3, 0.4) is 0 Å². The predicted molar refractivity (Wildman–Crippen MR) is 99.7 cm³/mol. The minimum atomic E-state index is -3.72. The fraction of sp³-hybridized carbons (Fsp3) is 0.632. The van der Waals surface area contributed by atoms with Gasteiger partial charge in [-0.25, -0.2) is 8.42 Å². The Balaban J connectivity index is 1.98. The number of rotatable bonds is 3. The van der Waals surface area contributed by atoms with Crippen molar-refractivity contribution in [2.45, 2.75) is 51.5 Å². The van der Waals surface area contributed by atoms with Gasteiger partial charge in [-0.05, 0) is 62.8 Å². The highest BCUT2D eigenvalue weighted by atomic mass is 32.2. The summed E-state index contributed by atoms with van der Waals surface area (Å²) in [5.41, 5.74) is 3.47. The number of hydrogen-bond donors (Lipinski definition) is 0. The standard InChI is InChI=1S/C19H28N2O4S/c1-13-12-14(2)16(4)18(15(13)3)26(23,24)21-7-5-6-17(21)19(22)20-8-10-25-11-9-20/h12,17H,5-11H2,1-4H3/t17-/m1/s1. The van der Waals surface area contributed by atoms with Crippen molar-refractivity contribution in [3.63, 3.8) is 0 Å². The molecule has 2 saturated heterocycles. The van der Waals surface area contributed by atoms with Crippen LogP contribution in [0.25, 0.3) is 0 Å². The average molecular weight is 381 g/mol. The molecule has 1 atom stereocenters. The predicted octanol–water partition coefficient (Wildman–Crippen LogP) is 1.93. The fourth-order valence-electron chi connectivity index (χ4n) is 3.95. The average Bonchev–Trinajstić information content (AvgIpc) is 3.11. The molecular formula is C19H28N2O4S. The molecule has 2 heterocycles. The second-order valence-electron chi connectivity index (χ2n) is 7.30. The molecule has 2 fully saturated rings. The maximum Gasteiger partial charge on any atom is 0.244 e. The maximum atomic E-state index is 13.5. The summed E-state index contributed by atoms with van der Waals surface area (Å²) in [5, 5.41) is 0. The molecule has 7 heteroatoms. The van der Waals surface area contributed by atoms with E-state index in [4.69, 9.17) is 4.74 Å². The van der Waals surface area contributed by atoms with Gasteiger partial charge in [-0.1, -0.05) is 6.07 Å². The van der Waals surface area contributed by atoms with Gasteiger partial charge in [-0.15, -0.1) is 0 Å². The van der Waals surface area contributed by atoms with Crippen molar-refractivity contribution in [3.05, 3.63) is 28.3 Å². The highest BCUT2D eigenvalue weighted by Gasteiger charge is 2.42. The topological polar surface area (TPSA) is 66.9 Å². The van der Waals surface area contributed by atoms with E-state index in [1.165, 1.54) is 4.31 Å². The van der Waals surface area contributed by atoms with Gasteiger partial charge >= 0.3 is 0 Å². The third-order valence-electron chi connectivity index (χ3n) is 5.68. The molecule has 144 valence electrons. The van der Waals surface area contributed by atoms with Crippen LogP contribution in [0, 0.1) is 27.7 Å². The molecule has 0 spiro atoms. The second-order valence-corrected chi connectivity index (χ2v) is 9.13. The number of carbonyl (C=O) groups excluding carboxylic acids is 1. The molecule has 0 N–H and O–H groups in total. The van der Waals surface area contributed by atoms with Crippen LogP contribution in [0.4, 0.5) is 0 Å². The molecule has 0 aliphatic carbocycles. The van der Waals surface area contributed by atoms with Gasteiger partial charge in [0.2, 0.25) is 15.9 Å². The van der Waals surface area contributed by atoms with E-state index >= 15 is 0 Å². The number of nitrogens with zero attached hydrogens (tertiary/aromatic N) is 2. The Morgan fingerprint density at radius 2 is 1.62 bits per heavy atom. The summed E-state index contributed by atoms with van der Waals surface area (Å²) in [6.45, 7) is 10.1. The van der Waals surface area contributed by atoms with Crippen molar-refractivity contribution >= 4 is 15.9 Å². The van der Waals surface area contributed by atoms with Crippen molar-refractivity contribution in [1.29, 1.82) is 0 Å². The van der Waals surface area contributed by atoms with E-state index in [1.54, 1.807) is 4.90 Å². The summed E-state index contributed by atoms with van der Waals surface area (Å²) in [4.78, 5) is 15.1. The SMILES string of the molecule is Cc1cc(C)c(C)c(S(=O)(=O)N2CCC[C@@H]2C(=O)N2CCOCC2)c1C. The molecule has 0 radical (unpaired) electrons. The van der Waals surface area contributed by atoms with Gasteiger partial charge in [0, 0.05) is 19.6 Å². The van der Waals surface area contributed by atoms with Crippen molar-refractivity contribution < 1.29 is 17.9 Å². The second kappa shape index (κ2) is 7.29. The number of morpholine rings is 1. The number of aryl methyl sites for hydroxylation is 2. The molecule has 0 unspecified atom stereocenters. The lowest BCUT2D eigenvalue weighted by Gasteiger charge is -2.32. The summed E-state index contributed by atoms with van der Waals surface area (Å²) in [6.07, 6.45) is 1.29. The first kappa shape index (κ1) is 19.3. The van der Waals surface area contributed by atoms with Crippen LogP contribution in [0.5, 0.6) is 0 Å². The number of amides is 1. The van der Waals surface area contributed by atoms with E-state index < -0.39 is 16.1 Å². The van der Waals surface area contributed by atoms with Crippen LogP contribution < -0.4 is 0 Å². The van der Waals surface area contributed by atoms with Crippen molar-refractivity contribution in [1.82, 2.24) is 9.21 Å². The first-order chi connectivity index (χ1) is 12.2. The number of hydrogen-bond acceptors (Lipinski definition) is 4. The van der Waals surface area contributed by atoms with Crippen molar-refractivity contribution in [2.24, 2.45) is 0 Å². The van der Waals surface area contributed by atoms with Crippen molar-refractivity contribution in [2.75, 3.05) is 32.8 Å². The van der Waals surface area contributed by atoms with E-state index in [0.29, 0.717) is 50.6 Å². The summed E-state index contributed by atoms with van der Waals surface area (Å²) >= 11 is 0. The summed E-state index contributed by atoms with van der Waals surface area (Å²) in [5.74, 6) is -0.0888. The molecule has 0 bridgehead atoms. The van der Waals surface area contributed by atoms with Gasteiger partial charge in [0.05, 0.1) is 18.1 Å². The Kier molecular flexibility index (Phi) is 5.42.